The molecule has 0 amide bonds. The van der Waals surface area contributed by atoms with E-state index in [9.17, 15) is 13.2 Å². The van der Waals surface area contributed by atoms with Gasteiger partial charge < -0.3 is 19.4 Å². The van der Waals surface area contributed by atoms with Crippen molar-refractivity contribution in [3.05, 3.63) is 35.9 Å². The first-order valence-corrected chi connectivity index (χ1v) is 9.31. The van der Waals surface area contributed by atoms with Crippen LogP contribution in [0.15, 0.2) is 24.7 Å². The van der Waals surface area contributed by atoms with Gasteiger partial charge in [0.1, 0.15) is 5.82 Å². The van der Waals surface area contributed by atoms with E-state index in [1.165, 1.54) is 13.3 Å². The number of fused-ring (bicyclic) bond motifs is 3. The van der Waals surface area contributed by atoms with E-state index < -0.39 is 11.7 Å². The second-order valence-electron chi connectivity index (χ2n) is 7.49. The van der Waals surface area contributed by atoms with Crippen molar-refractivity contribution in [1.82, 2.24) is 24.7 Å². The van der Waals surface area contributed by atoms with Gasteiger partial charge in [-0.2, -0.15) is 13.2 Å². The summed E-state index contributed by atoms with van der Waals surface area (Å²) >= 11 is 0. The number of halogens is 3. The van der Waals surface area contributed by atoms with Gasteiger partial charge in [-0.05, 0) is 19.4 Å². The van der Waals surface area contributed by atoms with Crippen LogP contribution in [-0.4, -0.2) is 51.6 Å². The SMILES string of the molecule is COc1nc(-c2cnc(N3C[C@@H]4C[C@H]3CN4)c(C(F)(F)F)c2)cn2cc(C)nc12. The highest BCUT2D eigenvalue weighted by Crippen LogP contribution is 2.40. The van der Waals surface area contributed by atoms with E-state index in [-0.39, 0.29) is 29.3 Å². The summed E-state index contributed by atoms with van der Waals surface area (Å²) in [4.78, 5) is 14.7. The van der Waals surface area contributed by atoms with Gasteiger partial charge in [-0.25, -0.2) is 15.0 Å². The topological polar surface area (TPSA) is 67.6 Å². The third-order valence-corrected chi connectivity index (χ3v) is 5.52. The number of rotatable bonds is 3. The number of ether oxygens (including phenoxy) is 1. The fraction of sp³-hybridized carbons (Fsp3) is 0.421. The van der Waals surface area contributed by atoms with Crippen molar-refractivity contribution in [2.24, 2.45) is 0 Å². The van der Waals surface area contributed by atoms with Crippen LogP contribution >= 0.6 is 0 Å². The molecule has 0 unspecified atom stereocenters. The number of piperazine rings is 1. The molecule has 2 aliphatic rings. The monoisotopic (exact) mass is 404 g/mol. The van der Waals surface area contributed by atoms with Crippen LogP contribution in [0.2, 0.25) is 0 Å². The van der Waals surface area contributed by atoms with Gasteiger partial charge in [0, 0.05) is 49.3 Å². The molecule has 5 rings (SSSR count). The summed E-state index contributed by atoms with van der Waals surface area (Å²) in [6.45, 7) is 3.04. The zero-order valence-corrected chi connectivity index (χ0v) is 15.9. The van der Waals surface area contributed by atoms with Crippen LogP contribution in [-0.2, 0) is 6.18 Å². The summed E-state index contributed by atoms with van der Waals surface area (Å²) in [7, 11) is 1.45. The Kier molecular flexibility index (Phi) is 3.95. The van der Waals surface area contributed by atoms with Gasteiger partial charge in [0.2, 0.25) is 5.65 Å². The van der Waals surface area contributed by atoms with Gasteiger partial charge in [0.05, 0.1) is 24.1 Å². The average molecular weight is 404 g/mol. The highest BCUT2D eigenvalue weighted by molar-refractivity contribution is 5.66. The molecule has 0 radical (unpaired) electrons. The number of methoxy groups -OCH3 is 1. The summed E-state index contributed by atoms with van der Waals surface area (Å²) in [6.07, 6.45) is 1.17. The van der Waals surface area contributed by atoms with Gasteiger partial charge in [0.15, 0.2) is 0 Å². The molecule has 2 bridgehead atoms. The molecule has 0 saturated carbocycles. The van der Waals surface area contributed by atoms with Gasteiger partial charge >= 0.3 is 6.18 Å². The lowest BCUT2D eigenvalue weighted by Crippen LogP contribution is -2.44. The van der Waals surface area contributed by atoms with Crippen LogP contribution in [0.25, 0.3) is 16.9 Å². The Morgan fingerprint density at radius 1 is 1.24 bits per heavy atom. The highest BCUT2D eigenvalue weighted by atomic mass is 19.4. The molecule has 0 aliphatic carbocycles. The minimum Gasteiger partial charge on any atom is -0.478 e. The zero-order chi connectivity index (χ0) is 20.3. The number of pyridine rings is 1. The molecule has 2 aliphatic heterocycles. The number of imidazole rings is 1. The largest absolute Gasteiger partial charge is 0.478 e. The fourth-order valence-corrected chi connectivity index (χ4v) is 4.22. The van der Waals surface area contributed by atoms with Crippen molar-refractivity contribution >= 4 is 11.5 Å². The van der Waals surface area contributed by atoms with Crippen molar-refractivity contribution in [3.8, 4) is 17.1 Å². The zero-order valence-electron chi connectivity index (χ0n) is 15.9. The lowest BCUT2D eigenvalue weighted by Gasteiger charge is -2.30. The van der Waals surface area contributed by atoms with E-state index in [1.807, 2.05) is 6.92 Å². The Bertz CT molecular complexity index is 1100. The van der Waals surface area contributed by atoms with E-state index >= 15 is 0 Å². The van der Waals surface area contributed by atoms with E-state index in [1.54, 1.807) is 21.7 Å². The lowest BCUT2D eigenvalue weighted by atomic mass is 10.1. The van der Waals surface area contributed by atoms with E-state index in [4.69, 9.17) is 4.74 Å². The molecule has 2 saturated heterocycles. The molecule has 2 atom stereocenters. The molecule has 3 aromatic rings. The van der Waals surface area contributed by atoms with Crippen molar-refractivity contribution in [3.63, 3.8) is 0 Å². The van der Waals surface area contributed by atoms with E-state index in [0.29, 0.717) is 24.4 Å². The number of hydrogen-bond acceptors (Lipinski definition) is 6. The number of nitrogens with zero attached hydrogens (tertiary/aromatic N) is 5. The van der Waals surface area contributed by atoms with Gasteiger partial charge in [0.25, 0.3) is 5.88 Å². The molecule has 7 nitrogen and oxygen atoms in total. The molecular weight excluding hydrogens is 385 g/mol. The summed E-state index contributed by atoms with van der Waals surface area (Å²) < 4.78 is 48.7. The molecule has 3 aromatic heterocycles. The molecule has 10 heteroatoms. The van der Waals surface area contributed by atoms with Crippen LogP contribution in [0.3, 0.4) is 0 Å². The van der Waals surface area contributed by atoms with Crippen LogP contribution < -0.4 is 15.0 Å². The van der Waals surface area contributed by atoms with Crippen molar-refractivity contribution in [2.75, 3.05) is 25.1 Å². The quantitative estimate of drug-likeness (QED) is 0.724. The molecule has 5 heterocycles. The highest BCUT2D eigenvalue weighted by Gasteiger charge is 2.43. The predicted octanol–water partition coefficient (Wildman–Crippen LogP) is 2.68. The van der Waals surface area contributed by atoms with Crippen molar-refractivity contribution < 1.29 is 17.9 Å². The summed E-state index contributed by atoms with van der Waals surface area (Å²) in [5, 5.41) is 3.30. The van der Waals surface area contributed by atoms with Crippen LogP contribution in [0, 0.1) is 6.92 Å². The third kappa shape index (κ3) is 2.98. The smallest absolute Gasteiger partial charge is 0.419 e. The maximum Gasteiger partial charge on any atom is 0.419 e. The summed E-state index contributed by atoms with van der Waals surface area (Å²) in [5.74, 6) is 0.234. The molecule has 1 N–H and O–H groups in total. The third-order valence-electron chi connectivity index (χ3n) is 5.52. The lowest BCUT2D eigenvalue weighted by molar-refractivity contribution is -0.137. The first kappa shape index (κ1) is 18.2. The van der Waals surface area contributed by atoms with Gasteiger partial charge in [-0.1, -0.05) is 0 Å². The minimum absolute atomic E-state index is 0.0123. The predicted molar refractivity (Wildman–Crippen MR) is 100 cm³/mol. The number of alkyl halides is 3. The molecule has 29 heavy (non-hydrogen) atoms. The molecule has 2 fully saturated rings. The van der Waals surface area contributed by atoms with Crippen LogP contribution in [0.1, 0.15) is 17.7 Å². The minimum atomic E-state index is -4.52. The Morgan fingerprint density at radius 2 is 2.07 bits per heavy atom. The Labute approximate surface area is 164 Å². The Balaban J connectivity index is 1.62. The van der Waals surface area contributed by atoms with Crippen LogP contribution in [0.5, 0.6) is 5.88 Å². The number of aromatic nitrogens is 4. The standard InChI is InChI=1S/C19H19F3N6O/c1-10-7-27-9-15(26-18(29-2)17(27)25-10)11-3-14(19(20,21)22)16(24-5-11)28-8-12-4-13(28)6-23-12/h3,5,7,9,12-13,23H,4,6,8H2,1-2H3/t12-,13-/m0/s1. The normalized spacial score (nSPS) is 21.3. The molecular formula is C19H19F3N6O. The average Bonchev–Trinajstić information content (AvgIpc) is 3.40. The maximum absolute atomic E-state index is 13.9. The summed E-state index contributed by atoms with van der Waals surface area (Å²) in [6, 6.07) is 1.39. The molecule has 152 valence electrons. The Hall–Kier alpha value is -2.88. The molecule has 0 aromatic carbocycles. The second kappa shape index (κ2) is 6.31. The summed E-state index contributed by atoms with van der Waals surface area (Å²) in [5.41, 5.74) is 1.13. The Morgan fingerprint density at radius 3 is 2.72 bits per heavy atom. The van der Waals surface area contributed by atoms with E-state index in [2.05, 4.69) is 20.3 Å². The van der Waals surface area contributed by atoms with Crippen LogP contribution in [0.4, 0.5) is 19.0 Å². The van der Waals surface area contributed by atoms with Gasteiger partial charge in [-0.3, -0.25) is 0 Å². The number of nitrogens with one attached hydrogen (secondary N) is 1. The molecule has 0 spiro atoms. The second-order valence-corrected chi connectivity index (χ2v) is 7.49. The number of anilines is 1. The number of aryl methyl sites for hydroxylation is 1. The van der Waals surface area contributed by atoms with Crippen molar-refractivity contribution in [1.29, 1.82) is 0 Å². The number of hydrogen-bond donors (Lipinski definition) is 1. The first-order chi connectivity index (χ1) is 13.8. The van der Waals surface area contributed by atoms with Gasteiger partial charge in [-0.15, -0.1) is 0 Å². The maximum atomic E-state index is 13.9. The van der Waals surface area contributed by atoms with Crippen molar-refractivity contribution in [2.45, 2.75) is 31.6 Å². The van der Waals surface area contributed by atoms with E-state index in [0.717, 1.165) is 18.2 Å². The fourth-order valence-electron chi connectivity index (χ4n) is 4.22. The first-order valence-electron chi connectivity index (χ1n) is 9.31.